The van der Waals surface area contributed by atoms with E-state index in [1.165, 1.54) is 52.7 Å². The molecule has 3 rings (SSSR count). The predicted molar refractivity (Wildman–Crippen MR) is 305 cm³/mol. The van der Waals surface area contributed by atoms with Crippen LogP contribution in [0.25, 0.3) is 0 Å². The third-order valence-electron chi connectivity index (χ3n) is 14.0. The largest absolute Gasteiger partial charge is 0.448 e. The molecule has 81 heavy (non-hydrogen) atoms. The molecule has 10 amide bonds. The summed E-state index contributed by atoms with van der Waals surface area (Å²) in [4.78, 5) is 146. The highest BCUT2D eigenvalue weighted by Gasteiger charge is 2.43. The van der Waals surface area contributed by atoms with Gasteiger partial charge >= 0.3 is 0 Å². The Balaban J connectivity index is 1.71. The Labute approximate surface area is 479 Å². The van der Waals surface area contributed by atoms with E-state index >= 15 is 0 Å². The molecule has 2 aliphatic rings. The van der Waals surface area contributed by atoms with Crippen molar-refractivity contribution in [2.24, 2.45) is 17.8 Å². The lowest BCUT2D eigenvalue weighted by Gasteiger charge is -2.44. The zero-order chi connectivity index (χ0) is 61.6. The summed E-state index contributed by atoms with van der Waals surface area (Å²) in [6.07, 6.45) is 5.33. The number of amides is 10. The smallest absolute Gasteiger partial charge is 0.276 e. The van der Waals surface area contributed by atoms with E-state index in [2.05, 4.69) is 52.8 Å². The van der Waals surface area contributed by atoms with E-state index < -0.39 is 106 Å². The fourth-order valence-electron chi connectivity index (χ4n) is 9.47. The van der Waals surface area contributed by atoms with Crippen LogP contribution < -0.4 is 47.9 Å². The number of carbonyl (C=O) groups excluding carboxylic acids is 10. The Bertz CT molecular complexity index is 2390. The highest BCUT2D eigenvalue weighted by atomic mass is 16.5. The third kappa shape index (κ3) is 21.9. The van der Waals surface area contributed by atoms with E-state index in [1.54, 1.807) is 27.7 Å². The molecule has 2 heterocycles. The number of likely N-dealkylation sites (tertiary alicyclic amines) is 1. The molecule has 1 aliphatic heterocycles. The van der Waals surface area contributed by atoms with Crippen molar-refractivity contribution >= 4 is 59.1 Å². The number of oxazole rings is 1. The number of aryl methyl sites for hydroxylation is 1. The fourth-order valence-corrected chi connectivity index (χ4v) is 9.47. The van der Waals surface area contributed by atoms with Gasteiger partial charge < -0.3 is 66.8 Å². The highest BCUT2D eigenvalue weighted by molar-refractivity contribution is 6.00. The van der Waals surface area contributed by atoms with Gasteiger partial charge in [-0.25, -0.2) is 4.98 Å². The van der Waals surface area contributed by atoms with E-state index in [1.807, 2.05) is 60.5 Å². The highest BCUT2D eigenvalue weighted by Crippen LogP contribution is 2.32. The van der Waals surface area contributed by atoms with Crippen molar-refractivity contribution in [3.8, 4) is 0 Å². The lowest BCUT2D eigenvalue weighted by molar-refractivity contribution is -0.139. The summed E-state index contributed by atoms with van der Waals surface area (Å²) in [5, 5.41) is 25.1. The number of ether oxygens (including phenoxy) is 1. The summed E-state index contributed by atoms with van der Waals surface area (Å²) in [7, 11) is 3.90. The van der Waals surface area contributed by atoms with Crippen molar-refractivity contribution in [3.05, 3.63) is 17.8 Å². The van der Waals surface area contributed by atoms with Crippen molar-refractivity contribution in [1.29, 1.82) is 0 Å². The number of aromatic nitrogens is 1. The average molecular weight is 1140 g/mol. The van der Waals surface area contributed by atoms with Crippen LogP contribution in [0.4, 0.5) is 0 Å². The van der Waals surface area contributed by atoms with Crippen molar-refractivity contribution in [2.45, 2.75) is 227 Å². The molecular weight excluding hydrogens is 1040 g/mol. The van der Waals surface area contributed by atoms with Gasteiger partial charge in [0.2, 0.25) is 53.2 Å². The van der Waals surface area contributed by atoms with Crippen molar-refractivity contribution in [2.75, 3.05) is 40.3 Å². The van der Waals surface area contributed by atoms with Crippen LogP contribution in [0.3, 0.4) is 0 Å². The van der Waals surface area contributed by atoms with Crippen molar-refractivity contribution < 1.29 is 57.1 Å². The van der Waals surface area contributed by atoms with Gasteiger partial charge in [0.15, 0.2) is 11.6 Å². The molecule has 0 bridgehead atoms. The van der Waals surface area contributed by atoms with Gasteiger partial charge in [-0.3, -0.25) is 47.9 Å². The topological polar surface area (TPSA) is 321 Å². The molecule has 24 heteroatoms. The van der Waals surface area contributed by atoms with E-state index in [-0.39, 0.29) is 86.2 Å². The van der Waals surface area contributed by atoms with Gasteiger partial charge in [0.1, 0.15) is 53.1 Å². The molecule has 0 aromatic carbocycles. The van der Waals surface area contributed by atoms with Crippen molar-refractivity contribution in [3.63, 3.8) is 0 Å². The number of nitrogens with one attached hydrogen (secondary N) is 9. The van der Waals surface area contributed by atoms with Gasteiger partial charge in [-0.15, -0.1) is 0 Å². The van der Waals surface area contributed by atoms with Crippen LogP contribution in [-0.2, 0) is 47.9 Å². The van der Waals surface area contributed by atoms with Crippen LogP contribution in [0.15, 0.2) is 10.7 Å². The molecule has 458 valence electrons. The zero-order valence-electron chi connectivity index (χ0n) is 51.6. The Hall–Kier alpha value is -6.17. The van der Waals surface area contributed by atoms with E-state index in [0.29, 0.717) is 12.8 Å². The molecule has 24 nitrogen and oxygen atoms in total. The third-order valence-corrected chi connectivity index (χ3v) is 14.0. The molecule has 1 aromatic heterocycles. The second-order valence-corrected chi connectivity index (χ2v) is 26.2. The molecule has 1 aliphatic carbocycles. The van der Waals surface area contributed by atoms with Gasteiger partial charge in [-0.2, -0.15) is 0 Å². The zero-order valence-corrected chi connectivity index (χ0v) is 51.6. The van der Waals surface area contributed by atoms with Gasteiger partial charge in [0.05, 0.1) is 17.7 Å². The van der Waals surface area contributed by atoms with Crippen LogP contribution in [0.1, 0.15) is 178 Å². The Morgan fingerprint density at radius 2 is 1.16 bits per heavy atom. The Kier molecular flexibility index (Phi) is 24.9. The van der Waals surface area contributed by atoms with Gasteiger partial charge in [-0.1, -0.05) is 41.5 Å². The lowest BCUT2D eigenvalue weighted by Crippen LogP contribution is -2.65. The van der Waals surface area contributed by atoms with Crippen LogP contribution in [0.2, 0.25) is 0 Å². The monoisotopic (exact) mass is 1140 g/mol. The van der Waals surface area contributed by atoms with Crippen LogP contribution in [-0.4, -0.2) is 172 Å². The minimum atomic E-state index is -1.67. The van der Waals surface area contributed by atoms with Gasteiger partial charge in [-0.05, 0) is 146 Å². The van der Waals surface area contributed by atoms with E-state index in [0.717, 1.165) is 25.8 Å². The van der Waals surface area contributed by atoms with E-state index in [9.17, 15) is 47.9 Å². The second-order valence-electron chi connectivity index (χ2n) is 26.2. The standard InChI is InChI=1S/C57H98N12O12/c1-33(2)27-37(44(71)60-38(28-34(3)4)47(74)66-56(15,16)52(79)67-54(11,12)50(77)58-25-22-43(70)64-57(23-20-24-57)32-68(17)18)63-51(78)55(13,14)65-46(73)39(29-35(5)6)61-45(72)40(31-81-53(8,9)10)62-48(75)42-21-19-26-69(42)49(76)41-30-80-36(7)59-41/h30,33-35,37-40,42H,19-29,31-32H2,1-18H3,(H,58,77)(H,60,71)(H,61,72)(H,62,75)(H,63,78)(H,64,70)(H,65,73)(H,66,74)(H,67,79)/t37?,38?,39?,40?,42-/m0/s1. The molecule has 9 N–H and O–H groups in total. The maximum Gasteiger partial charge on any atom is 0.276 e. The normalized spacial score (nSPS) is 17.1. The molecule has 4 unspecified atom stereocenters. The first-order valence-electron chi connectivity index (χ1n) is 28.6. The van der Waals surface area contributed by atoms with E-state index in [4.69, 9.17) is 9.15 Å². The number of hydrogen-bond acceptors (Lipinski definition) is 14. The summed E-state index contributed by atoms with van der Waals surface area (Å²) in [5.41, 5.74) is -5.67. The molecule has 2 fully saturated rings. The minimum Gasteiger partial charge on any atom is -0.448 e. The van der Waals surface area contributed by atoms with Crippen LogP contribution in [0, 0.1) is 24.7 Å². The number of nitrogens with zero attached hydrogens (tertiary/aromatic N) is 3. The number of rotatable bonds is 30. The molecule has 5 atom stereocenters. The Morgan fingerprint density at radius 1 is 0.667 bits per heavy atom. The number of likely N-dealkylation sites (N-methyl/N-ethyl adjacent to an activating group) is 1. The van der Waals surface area contributed by atoms with Crippen LogP contribution >= 0.6 is 0 Å². The maximum absolute atomic E-state index is 14.2. The summed E-state index contributed by atoms with van der Waals surface area (Å²) >= 11 is 0. The number of hydrogen-bond donors (Lipinski definition) is 9. The molecule has 0 spiro atoms. The first-order valence-corrected chi connectivity index (χ1v) is 28.6. The summed E-state index contributed by atoms with van der Waals surface area (Å²) in [6, 6.07) is -5.80. The SMILES string of the molecule is Cc1nc(C(=O)N2CCC[C@H]2C(=O)NC(COC(C)(C)C)C(=O)NC(CC(C)C)C(=O)NC(C)(C)C(=O)NC(CC(C)C)C(=O)NC(CC(C)C)C(=O)NC(C)(C)C(=O)NC(C)(C)C(=O)NCCC(=O)NC2(CN(C)C)CCC2)co1. The number of carbonyl (C=O) groups is 10. The van der Waals surface area contributed by atoms with Gasteiger partial charge in [0, 0.05) is 33.0 Å². The molecule has 1 saturated carbocycles. The maximum atomic E-state index is 14.2. The summed E-state index contributed by atoms with van der Waals surface area (Å²) in [5.74, 6) is -6.21. The fraction of sp³-hybridized carbons (Fsp3) is 0.772. The molecule has 0 radical (unpaired) electrons. The van der Waals surface area contributed by atoms with Crippen molar-refractivity contribution in [1.82, 2.24) is 62.6 Å². The quantitative estimate of drug-likeness (QED) is 0.0534. The summed E-state index contributed by atoms with van der Waals surface area (Å²) < 4.78 is 11.2. The molecular formula is C57H98N12O12. The summed E-state index contributed by atoms with van der Waals surface area (Å²) in [6.45, 7) is 27.6. The Morgan fingerprint density at radius 3 is 1.62 bits per heavy atom. The van der Waals surface area contributed by atoms with Crippen LogP contribution in [0.5, 0.6) is 0 Å². The second kappa shape index (κ2) is 29.2. The lowest BCUT2D eigenvalue weighted by atomic mass is 9.76. The predicted octanol–water partition coefficient (Wildman–Crippen LogP) is 2.27. The average Bonchev–Trinajstić information content (AvgIpc) is 4.11. The van der Waals surface area contributed by atoms with Gasteiger partial charge in [0.25, 0.3) is 5.91 Å². The molecule has 1 saturated heterocycles. The first kappa shape index (κ1) is 69.1. The molecule has 1 aromatic rings. The minimum absolute atomic E-state index is 0.0418. The first-order chi connectivity index (χ1) is 37.3.